The summed E-state index contributed by atoms with van der Waals surface area (Å²) >= 11 is 0. The van der Waals surface area contributed by atoms with Gasteiger partial charge in [-0.3, -0.25) is 4.79 Å². The van der Waals surface area contributed by atoms with Gasteiger partial charge in [0.05, 0.1) is 6.54 Å². The molecule has 2 fully saturated rings. The van der Waals surface area contributed by atoms with Crippen LogP contribution in [0.15, 0.2) is 0 Å². The lowest BCUT2D eigenvalue weighted by Gasteiger charge is -2.15. The Kier molecular flexibility index (Phi) is 2.54. The van der Waals surface area contributed by atoms with Crippen molar-refractivity contribution in [3.63, 3.8) is 0 Å². The van der Waals surface area contributed by atoms with E-state index in [1.54, 1.807) is 0 Å². The second-order valence-corrected chi connectivity index (χ2v) is 4.35. The standard InChI is InChI=1S/C10H18N2O/c11-5-10(13)12-6-9(7-1-2-7)8-3-4-8/h7-9H,1-6,11H2,(H,12,13). The smallest absolute Gasteiger partial charge is 0.233 e. The molecule has 0 aromatic heterocycles. The molecule has 0 heterocycles. The highest BCUT2D eigenvalue weighted by atomic mass is 16.1. The third-order valence-electron chi connectivity index (χ3n) is 3.18. The molecule has 13 heavy (non-hydrogen) atoms. The van der Waals surface area contributed by atoms with Crippen molar-refractivity contribution in [2.45, 2.75) is 25.7 Å². The summed E-state index contributed by atoms with van der Waals surface area (Å²) in [6.07, 6.45) is 5.50. The van der Waals surface area contributed by atoms with Crippen LogP contribution in [0.1, 0.15) is 25.7 Å². The molecule has 2 aliphatic carbocycles. The third kappa shape index (κ3) is 2.44. The number of rotatable bonds is 5. The summed E-state index contributed by atoms with van der Waals surface area (Å²) in [5, 5.41) is 2.91. The molecule has 3 nitrogen and oxygen atoms in total. The fourth-order valence-electron chi connectivity index (χ4n) is 2.07. The normalized spacial score (nSPS) is 22.0. The summed E-state index contributed by atoms with van der Waals surface area (Å²) in [5.41, 5.74) is 5.23. The molecule has 0 aromatic rings. The van der Waals surface area contributed by atoms with Crippen molar-refractivity contribution in [1.29, 1.82) is 0 Å². The van der Waals surface area contributed by atoms with E-state index in [2.05, 4.69) is 5.32 Å². The lowest BCUT2D eigenvalue weighted by atomic mass is 9.98. The fourth-order valence-corrected chi connectivity index (χ4v) is 2.07. The summed E-state index contributed by atoms with van der Waals surface area (Å²) in [6.45, 7) is 0.993. The maximum atomic E-state index is 11.0. The van der Waals surface area contributed by atoms with Gasteiger partial charge >= 0.3 is 0 Å². The first kappa shape index (κ1) is 9.00. The van der Waals surface area contributed by atoms with E-state index in [1.807, 2.05) is 0 Å². The van der Waals surface area contributed by atoms with Gasteiger partial charge in [-0.2, -0.15) is 0 Å². The maximum Gasteiger partial charge on any atom is 0.233 e. The molecule has 0 unspecified atom stereocenters. The van der Waals surface area contributed by atoms with Crippen molar-refractivity contribution in [2.75, 3.05) is 13.1 Å². The predicted octanol–water partition coefficient (Wildman–Crippen LogP) is 0.497. The average molecular weight is 182 g/mol. The monoisotopic (exact) mass is 182 g/mol. The summed E-state index contributed by atoms with van der Waals surface area (Å²) in [4.78, 5) is 11.0. The number of hydrogen-bond acceptors (Lipinski definition) is 2. The van der Waals surface area contributed by atoms with E-state index in [0.717, 1.165) is 24.3 Å². The lowest BCUT2D eigenvalue weighted by molar-refractivity contribution is -0.119. The Hall–Kier alpha value is -0.570. The minimum atomic E-state index is -0.00806. The molecule has 2 saturated carbocycles. The van der Waals surface area contributed by atoms with Crippen molar-refractivity contribution in [2.24, 2.45) is 23.5 Å². The Bertz CT molecular complexity index is 185. The summed E-state index contributed by atoms with van der Waals surface area (Å²) < 4.78 is 0. The van der Waals surface area contributed by atoms with Gasteiger partial charge in [-0.15, -0.1) is 0 Å². The van der Waals surface area contributed by atoms with Crippen LogP contribution < -0.4 is 11.1 Å². The first-order chi connectivity index (χ1) is 6.31. The minimum Gasteiger partial charge on any atom is -0.355 e. The highest BCUT2D eigenvalue weighted by molar-refractivity contribution is 5.77. The third-order valence-corrected chi connectivity index (χ3v) is 3.18. The SMILES string of the molecule is NCC(=O)NCC(C1CC1)C1CC1. The van der Waals surface area contributed by atoms with Crippen molar-refractivity contribution < 1.29 is 4.79 Å². The Morgan fingerprint density at radius 1 is 1.31 bits per heavy atom. The lowest BCUT2D eigenvalue weighted by Crippen LogP contribution is -2.35. The quantitative estimate of drug-likeness (QED) is 0.650. The van der Waals surface area contributed by atoms with Crippen molar-refractivity contribution >= 4 is 5.91 Å². The van der Waals surface area contributed by atoms with Crippen LogP contribution in [0, 0.1) is 17.8 Å². The van der Waals surface area contributed by atoms with Gasteiger partial charge in [0.15, 0.2) is 0 Å². The van der Waals surface area contributed by atoms with Gasteiger partial charge in [-0.1, -0.05) is 0 Å². The average Bonchev–Trinajstić information content (AvgIpc) is 2.98. The van der Waals surface area contributed by atoms with Crippen LogP contribution in [0.4, 0.5) is 0 Å². The first-order valence-corrected chi connectivity index (χ1v) is 5.28. The zero-order valence-electron chi connectivity index (χ0n) is 7.96. The molecule has 74 valence electrons. The molecule has 3 heteroatoms. The van der Waals surface area contributed by atoms with Crippen LogP contribution in [0.25, 0.3) is 0 Å². The highest BCUT2D eigenvalue weighted by Gasteiger charge is 2.41. The molecule has 2 aliphatic rings. The molecule has 3 N–H and O–H groups in total. The largest absolute Gasteiger partial charge is 0.355 e. The van der Waals surface area contributed by atoms with E-state index in [1.165, 1.54) is 25.7 Å². The second-order valence-electron chi connectivity index (χ2n) is 4.35. The molecule has 0 saturated heterocycles. The Balaban J connectivity index is 1.73. The Labute approximate surface area is 79.1 Å². The molecule has 0 spiro atoms. The maximum absolute atomic E-state index is 11.0. The number of hydrogen-bond donors (Lipinski definition) is 2. The molecule has 0 aliphatic heterocycles. The van der Waals surface area contributed by atoms with Gasteiger partial charge in [0.25, 0.3) is 0 Å². The summed E-state index contributed by atoms with van der Waals surface area (Å²) in [6, 6.07) is 0. The summed E-state index contributed by atoms with van der Waals surface area (Å²) in [7, 11) is 0. The highest BCUT2D eigenvalue weighted by Crippen LogP contribution is 2.48. The van der Waals surface area contributed by atoms with Crippen LogP contribution in [0.3, 0.4) is 0 Å². The van der Waals surface area contributed by atoms with Crippen LogP contribution in [-0.2, 0) is 4.79 Å². The zero-order valence-corrected chi connectivity index (χ0v) is 7.96. The molecular weight excluding hydrogens is 164 g/mol. The molecule has 0 bridgehead atoms. The molecule has 2 rings (SSSR count). The first-order valence-electron chi connectivity index (χ1n) is 5.28. The van der Waals surface area contributed by atoms with Crippen molar-refractivity contribution in [3.05, 3.63) is 0 Å². The van der Waals surface area contributed by atoms with E-state index in [0.29, 0.717) is 0 Å². The predicted molar refractivity (Wildman–Crippen MR) is 51.0 cm³/mol. The van der Waals surface area contributed by atoms with Gasteiger partial charge in [-0.25, -0.2) is 0 Å². The van der Waals surface area contributed by atoms with Gasteiger partial charge in [0.1, 0.15) is 0 Å². The zero-order chi connectivity index (χ0) is 9.26. The van der Waals surface area contributed by atoms with E-state index in [-0.39, 0.29) is 12.5 Å². The summed E-state index contributed by atoms with van der Waals surface area (Å²) in [5.74, 6) is 2.57. The van der Waals surface area contributed by atoms with E-state index in [4.69, 9.17) is 5.73 Å². The van der Waals surface area contributed by atoms with Crippen LogP contribution >= 0.6 is 0 Å². The van der Waals surface area contributed by atoms with Crippen LogP contribution in [0.2, 0.25) is 0 Å². The van der Waals surface area contributed by atoms with Crippen molar-refractivity contribution in [3.8, 4) is 0 Å². The number of carbonyl (C=O) groups excluding carboxylic acids is 1. The molecule has 0 aromatic carbocycles. The number of amides is 1. The van der Waals surface area contributed by atoms with Crippen molar-refractivity contribution in [1.82, 2.24) is 5.32 Å². The van der Waals surface area contributed by atoms with Gasteiger partial charge in [0, 0.05) is 6.54 Å². The van der Waals surface area contributed by atoms with E-state index in [9.17, 15) is 4.79 Å². The van der Waals surface area contributed by atoms with Gasteiger partial charge in [-0.05, 0) is 43.4 Å². The molecule has 0 radical (unpaired) electrons. The van der Waals surface area contributed by atoms with Gasteiger partial charge < -0.3 is 11.1 Å². The molecule has 1 amide bonds. The number of nitrogens with one attached hydrogen (secondary N) is 1. The van der Waals surface area contributed by atoms with Gasteiger partial charge in [0.2, 0.25) is 5.91 Å². The Morgan fingerprint density at radius 2 is 1.85 bits per heavy atom. The van der Waals surface area contributed by atoms with E-state index >= 15 is 0 Å². The second kappa shape index (κ2) is 3.66. The van der Waals surface area contributed by atoms with Crippen LogP contribution in [0.5, 0.6) is 0 Å². The number of carbonyl (C=O) groups is 1. The van der Waals surface area contributed by atoms with E-state index < -0.39 is 0 Å². The topological polar surface area (TPSA) is 55.1 Å². The van der Waals surface area contributed by atoms with Crippen LogP contribution in [-0.4, -0.2) is 19.0 Å². The molecular formula is C10H18N2O. The minimum absolute atomic E-state index is 0.00806. The number of nitrogens with two attached hydrogens (primary N) is 1. The fraction of sp³-hybridized carbons (Fsp3) is 0.900. The molecule has 0 atom stereocenters. The Morgan fingerprint density at radius 3 is 2.23 bits per heavy atom.